The first-order valence-electron chi connectivity index (χ1n) is 10.7. The largest absolute Gasteiger partial charge is 0.497 e. The topological polar surface area (TPSA) is 61.9 Å². The first-order chi connectivity index (χ1) is 14.6. The van der Waals surface area contributed by atoms with Crippen LogP contribution in [0.15, 0.2) is 48.5 Å². The van der Waals surface area contributed by atoms with E-state index in [1.54, 1.807) is 12.0 Å². The Labute approximate surface area is 177 Å². The van der Waals surface area contributed by atoms with Crippen LogP contribution in [0.1, 0.15) is 30.4 Å². The number of anilines is 1. The molecule has 0 spiro atoms. The normalized spacial score (nSPS) is 19.3. The fraction of sp³-hybridized carbons (Fsp3) is 0.417. The van der Waals surface area contributed by atoms with E-state index in [1.165, 1.54) is 18.4 Å². The van der Waals surface area contributed by atoms with Gasteiger partial charge in [-0.25, -0.2) is 0 Å². The first kappa shape index (κ1) is 20.4. The second-order valence-corrected chi connectivity index (χ2v) is 8.07. The molecule has 6 heteroatoms. The zero-order valence-electron chi connectivity index (χ0n) is 17.5. The molecular formula is C24H29N3O3. The van der Waals surface area contributed by atoms with Crippen molar-refractivity contribution in [2.45, 2.75) is 32.4 Å². The number of amides is 2. The zero-order chi connectivity index (χ0) is 20.9. The lowest BCUT2D eigenvalue weighted by molar-refractivity contribution is -0.126. The van der Waals surface area contributed by atoms with Gasteiger partial charge in [-0.2, -0.15) is 0 Å². The van der Waals surface area contributed by atoms with Crippen molar-refractivity contribution in [2.24, 2.45) is 5.92 Å². The Kier molecular flexibility index (Phi) is 6.33. The quantitative estimate of drug-likeness (QED) is 0.767. The van der Waals surface area contributed by atoms with Crippen LogP contribution in [0.4, 0.5) is 5.69 Å². The second-order valence-electron chi connectivity index (χ2n) is 8.07. The van der Waals surface area contributed by atoms with E-state index in [4.69, 9.17) is 4.74 Å². The highest BCUT2D eigenvalue weighted by Crippen LogP contribution is 2.27. The van der Waals surface area contributed by atoms with Crippen LogP contribution in [0.3, 0.4) is 0 Å². The molecular weight excluding hydrogens is 378 g/mol. The van der Waals surface area contributed by atoms with Crippen molar-refractivity contribution in [1.29, 1.82) is 0 Å². The van der Waals surface area contributed by atoms with Gasteiger partial charge in [0.15, 0.2) is 0 Å². The molecule has 30 heavy (non-hydrogen) atoms. The molecule has 2 aliphatic rings. The molecule has 2 saturated heterocycles. The second kappa shape index (κ2) is 9.30. The predicted octanol–water partition coefficient (Wildman–Crippen LogP) is 2.96. The van der Waals surface area contributed by atoms with Gasteiger partial charge in [-0.3, -0.25) is 14.5 Å². The minimum Gasteiger partial charge on any atom is -0.497 e. The van der Waals surface area contributed by atoms with E-state index in [2.05, 4.69) is 28.4 Å². The van der Waals surface area contributed by atoms with Crippen molar-refractivity contribution in [3.8, 4) is 5.75 Å². The smallest absolute Gasteiger partial charge is 0.227 e. The number of nitrogens with one attached hydrogen (secondary N) is 1. The van der Waals surface area contributed by atoms with E-state index in [0.717, 1.165) is 36.6 Å². The van der Waals surface area contributed by atoms with Crippen LogP contribution in [0.5, 0.6) is 5.75 Å². The lowest BCUT2D eigenvalue weighted by atomic mass is 10.1. The molecule has 2 aromatic rings. The molecule has 0 bridgehead atoms. The predicted molar refractivity (Wildman–Crippen MR) is 116 cm³/mol. The Balaban J connectivity index is 1.35. The van der Waals surface area contributed by atoms with Gasteiger partial charge in [0.25, 0.3) is 0 Å². The number of carbonyl (C=O) groups is 2. The van der Waals surface area contributed by atoms with Gasteiger partial charge >= 0.3 is 0 Å². The van der Waals surface area contributed by atoms with Gasteiger partial charge in [0, 0.05) is 31.7 Å². The molecule has 2 amide bonds. The van der Waals surface area contributed by atoms with Crippen molar-refractivity contribution in [3.05, 3.63) is 59.7 Å². The van der Waals surface area contributed by atoms with Crippen LogP contribution >= 0.6 is 0 Å². The van der Waals surface area contributed by atoms with E-state index < -0.39 is 0 Å². The minimum atomic E-state index is -0.328. The third-order valence-corrected chi connectivity index (χ3v) is 6.04. The Morgan fingerprint density at radius 3 is 2.47 bits per heavy atom. The van der Waals surface area contributed by atoms with Crippen LogP contribution in [-0.4, -0.2) is 43.5 Å². The molecule has 158 valence electrons. The molecule has 1 N–H and O–H groups in total. The molecule has 4 rings (SSSR count). The molecule has 0 aromatic heterocycles. The van der Waals surface area contributed by atoms with Crippen molar-refractivity contribution in [2.75, 3.05) is 31.6 Å². The number of hydrogen-bond donors (Lipinski definition) is 1. The summed E-state index contributed by atoms with van der Waals surface area (Å²) in [6.45, 7) is 4.12. The maximum atomic E-state index is 12.8. The van der Waals surface area contributed by atoms with Crippen molar-refractivity contribution >= 4 is 17.5 Å². The Hall–Kier alpha value is -2.86. The maximum Gasteiger partial charge on any atom is 0.227 e. The number of likely N-dealkylation sites (tertiary alicyclic amines) is 1. The van der Waals surface area contributed by atoms with Crippen LogP contribution in [0, 0.1) is 5.92 Å². The molecule has 2 aromatic carbocycles. The fourth-order valence-electron chi connectivity index (χ4n) is 4.29. The van der Waals surface area contributed by atoms with Gasteiger partial charge in [0.05, 0.1) is 13.0 Å². The third-order valence-electron chi connectivity index (χ3n) is 6.04. The van der Waals surface area contributed by atoms with Crippen molar-refractivity contribution in [3.63, 3.8) is 0 Å². The van der Waals surface area contributed by atoms with Crippen molar-refractivity contribution < 1.29 is 14.3 Å². The molecule has 2 aliphatic heterocycles. The molecule has 0 aliphatic carbocycles. The summed E-state index contributed by atoms with van der Waals surface area (Å²) in [4.78, 5) is 29.4. The molecule has 0 radical (unpaired) electrons. The number of carbonyl (C=O) groups excluding carboxylic acids is 2. The van der Waals surface area contributed by atoms with Gasteiger partial charge < -0.3 is 15.0 Å². The molecule has 6 nitrogen and oxygen atoms in total. The summed E-state index contributed by atoms with van der Waals surface area (Å²) in [6, 6.07) is 15.6. The van der Waals surface area contributed by atoms with Gasteiger partial charge in [0.2, 0.25) is 11.8 Å². The number of rotatable bonds is 7. The van der Waals surface area contributed by atoms with Crippen LogP contribution in [0.2, 0.25) is 0 Å². The number of methoxy groups -OCH3 is 1. The van der Waals surface area contributed by atoms with Crippen LogP contribution < -0.4 is 15.0 Å². The summed E-state index contributed by atoms with van der Waals surface area (Å²) < 4.78 is 5.17. The fourth-order valence-corrected chi connectivity index (χ4v) is 4.29. The summed E-state index contributed by atoms with van der Waals surface area (Å²) in [6.07, 6.45) is 2.77. The Morgan fingerprint density at radius 1 is 1.07 bits per heavy atom. The van der Waals surface area contributed by atoms with E-state index in [0.29, 0.717) is 13.1 Å². The summed E-state index contributed by atoms with van der Waals surface area (Å²) in [5.41, 5.74) is 3.21. The first-order valence-corrected chi connectivity index (χ1v) is 10.7. The highest BCUT2D eigenvalue weighted by molar-refractivity contribution is 6.00. The van der Waals surface area contributed by atoms with Gasteiger partial charge in [-0.05, 0) is 61.3 Å². The SMILES string of the molecule is COc1ccc(N2CC(C(=O)NCc3ccccc3CN3CCCC3)CC2=O)cc1. The summed E-state index contributed by atoms with van der Waals surface area (Å²) >= 11 is 0. The van der Waals surface area contributed by atoms with Crippen LogP contribution in [-0.2, 0) is 22.7 Å². The minimum absolute atomic E-state index is 0.0187. The van der Waals surface area contributed by atoms with Gasteiger partial charge in [-0.15, -0.1) is 0 Å². The van der Waals surface area contributed by atoms with Gasteiger partial charge in [-0.1, -0.05) is 24.3 Å². The lowest BCUT2D eigenvalue weighted by Crippen LogP contribution is -2.33. The molecule has 0 saturated carbocycles. The summed E-state index contributed by atoms with van der Waals surface area (Å²) in [5, 5.41) is 3.06. The molecule has 1 unspecified atom stereocenters. The number of hydrogen-bond acceptors (Lipinski definition) is 4. The third kappa shape index (κ3) is 4.65. The average molecular weight is 408 g/mol. The zero-order valence-corrected chi connectivity index (χ0v) is 17.5. The van der Waals surface area contributed by atoms with E-state index in [1.807, 2.05) is 30.3 Å². The summed E-state index contributed by atoms with van der Waals surface area (Å²) in [7, 11) is 1.61. The van der Waals surface area contributed by atoms with Gasteiger partial charge in [0.1, 0.15) is 5.75 Å². The van der Waals surface area contributed by atoms with E-state index in [9.17, 15) is 9.59 Å². The molecule has 1 atom stereocenters. The highest BCUT2D eigenvalue weighted by Gasteiger charge is 2.35. The maximum absolute atomic E-state index is 12.8. The average Bonchev–Trinajstić information content (AvgIpc) is 3.42. The monoisotopic (exact) mass is 407 g/mol. The number of benzene rings is 2. The summed E-state index contributed by atoms with van der Waals surface area (Å²) in [5.74, 6) is 0.336. The molecule has 2 heterocycles. The Bertz CT molecular complexity index is 891. The van der Waals surface area contributed by atoms with Crippen LogP contribution in [0.25, 0.3) is 0 Å². The molecule has 2 fully saturated rings. The number of ether oxygens (including phenoxy) is 1. The number of nitrogens with zero attached hydrogens (tertiary/aromatic N) is 2. The van der Waals surface area contributed by atoms with E-state index in [-0.39, 0.29) is 24.2 Å². The highest BCUT2D eigenvalue weighted by atomic mass is 16.5. The Morgan fingerprint density at radius 2 is 1.77 bits per heavy atom. The standard InChI is InChI=1S/C24H29N3O3/c1-30-22-10-8-21(9-11-22)27-17-20(14-23(27)28)24(29)25-15-18-6-2-3-7-19(18)16-26-12-4-5-13-26/h2-3,6-11,20H,4-5,12-17H2,1H3,(H,25,29). The lowest BCUT2D eigenvalue weighted by Gasteiger charge is -2.19. The van der Waals surface area contributed by atoms with E-state index >= 15 is 0 Å². The van der Waals surface area contributed by atoms with Crippen molar-refractivity contribution in [1.82, 2.24) is 10.2 Å².